The van der Waals surface area contributed by atoms with Crippen molar-refractivity contribution in [2.45, 2.75) is 37.8 Å². The van der Waals surface area contributed by atoms with E-state index in [1.54, 1.807) is 0 Å². The second kappa shape index (κ2) is 10.1. The number of amides is 2. The third-order valence-electron chi connectivity index (χ3n) is 2.52. The zero-order valence-electron chi connectivity index (χ0n) is 11.3. The molecular formula is C11H23N5O4. The Morgan fingerprint density at radius 2 is 1.50 bits per heavy atom. The number of hydrogen-bond acceptors (Lipinski definition) is 7. The molecule has 0 saturated carbocycles. The molecule has 0 unspecified atom stereocenters. The molecule has 0 aliphatic rings. The fourth-order valence-electron chi connectivity index (χ4n) is 1.36. The van der Waals surface area contributed by atoms with Crippen LogP contribution in [0.1, 0.15) is 25.7 Å². The number of ether oxygens (including phenoxy) is 1. The number of urea groups is 1. The average Bonchev–Trinajstić information content (AvgIpc) is 2.40. The standard InChI is InChI=1S/C11H23N5O4/c12-5-1-3-7(13)9(17)20-10(18)8(14)4-2-6-16-11(15)19/h7-8H,1-6,12-14H2,(H3,15,16,19)/t7-,8+/m1/s1. The van der Waals surface area contributed by atoms with Crippen molar-refractivity contribution >= 4 is 18.0 Å². The molecular weight excluding hydrogens is 266 g/mol. The van der Waals surface area contributed by atoms with Crippen LogP contribution >= 0.6 is 0 Å². The second-order valence-electron chi connectivity index (χ2n) is 4.32. The first kappa shape index (κ1) is 18.3. The topological polar surface area (TPSA) is 177 Å². The van der Waals surface area contributed by atoms with Gasteiger partial charge in [-0.05, 0) is 32.2 Å². The van der Waals surface area contributed by atoms with E-state index >= 15 is 0 Å². The quantitative estimate of drug-likeness (QED) is 0.183. The summed E-state index contributed by atoms with van der Waals surface area (Å²) in [7, 11) is 0. The fourth-order valence-corrected chi connectivity index (χ4v) is 1.36. The summed E-state index contributed by atoms with van der Waals surface area (Å²) in [6.45, 7) is 0.696. The van der Waals surface area contributed by atoms with Gasteiger partial charge in [0.25, 0.3) is 0 Å². The number of nitrogens with two attached hydrogens (primary N) is 4. The number of rotatable bonds is 9. The fraction of sp³-hybridized carbons (Fsp3) is 0.727. The van der Waals surface area contributed by atoms with Crippen LogP contribution in [0.25, 0.3) is 0 Å². The molecule has 0 bridgehead atoms. The van der Waals surface area contributed by atoms with Crippen molar-refractivity contribution in [1.29, 1.82) is 0 Å². The number of carbonyl (C=O) groups is 3. The van der Waals surface area contributed by atoms with E-state index in [4.69, 9.17) is 22.9 Å². The molecule has 0 aromatic heterocycles. The van der Waals surface area contributed by atoms with Gasteiger partial charge in [0.2, 0.25) is 0 Å². The third kappa shape index (κ3) is 8.40. The van der Waals surface area contributed by atoms with Crippen LogP contribution in [-0.4, -0.2) is 43.1 Å². The molecule has 0 aliphatic carbocycles. The monoisotopic (exact) mass is 289 g/mol. The van der Waals surface area contributed by atoms with E-state index < -0.39 is 30.1 Å². The lowest BCUT2D eigenvalue weighted by Gasteiger charge is -2.13. The van der Waals surface area contributed by atoms with Crippen LogP contribution in [0.3, 0.4) is 0 Å². The summed E-state index contributed by atoms with van der Waals surface area (Å²) < 4.78 is 4.57. The van der Waals surface area contributed by atoms with E-state index in [9.17, 15) is 14.4 Å². The Labute approximate surface area is 117 Å². The van der Waals surface area contributed by atoms with Gasteiger partial charge in [-0.3, -0.25) is 0 Å². The Morgan fingerprint density at radius 1 is 1.00 bits per heavy atom. The van der Waals surface area contributed by atoms with Crippen LogP contribution < -0.4 is 28.3 Å². The normalized spacial score (nSPS) is 13.3. The predicted molar refractivity (Wildman–Crippen MR) is 72.2 cm³/mol. The van der Waals surface area contributed by atoms with Crippen molar-refractivity contribution in [3.8, 4) is 0 Å². The van der Waals surface area contributed by atoms with E-state index in [-0.39, 0.29) is 6.42 Å². The smallest absolute Gasteiger partial charge is 0.330 e. The Hall–Kier alpha value is -1.71. The van der Waals surface area contributed by atoms with Gasteiger partial charge in [0.1, 0.15) is 12.1 Å². The van der Waals surface area contributed by atoms with Crippen LogP contribution in [0.4, 0.5) is 4.79 Å². The maximum absolute atomic E-state index is 11.5. The van der Waals surface area contributed by atoms with Crippen LogP contribution in [0.5, 0.6) is 0 Å². The Bertz CT molecular complexity index is 337. The summed E-state index contributed by atoms with van der Waals surface area (Å²) in [5.74, 6) is -1.65. The molecule has 0 spiro atoms. The van der Waals surface area contributed by atoms with E-state index in [0.717, 1.165) is 0 Å². The summed E-state index contributed by atoms with van der Waals surface area (Å²) in [4.78, 5) is 33.3. The lowest BCUT2D eigenvalue weighted by Crippen LogP contribution is -2.40. The second-order valence-corrected chi connectivity index (χ2v) is 4.32. The van der Waals surface area contributed by atoms with Crippen LogP contribution in [0, 0.1) is 0 Å². The molecule has 0 rings (SSSR count). The van der Waals surface area contributed by atoms with E-state index in [2.05, 4.69) is 10.1 Å². The molecule has 0 aromatic rings. The Balaban J connectivity index is 3.94. The molecule has 0 aliphatic heterocycles. The molecule has 0 saturated heterocycles. The summed E-state index contributed by atoms with van der Waals surface area (Å²) >= 11 is 0. The van der Waals surface area contributed by atoms with Gasteiger partial charge >= 0.3 is 18.0 Å². The van der Waals surface area contributed by atoms with Gasteiger partial charge in [0.15, 0.2) is 0 Å². The Kier molecular flexibility index (Phi) is 9.26. The molecule has 20 heavy (non-hydrogen) atoms. The van der Waals surface area contributed by atoms with Crippen molar-refractivity contribution in [1.82, 2.24) is 5.32 Å². The number of carbonyl (C=O) groups excluding carboxylic acids is 3. The number of esters is 2. The first-order valence-electron chi connectivity index (χ1n) is 6.38. The lowest BCUT2D eigenvalue weighted by atomic mass is 10.1. The van der Waals surface area contributed by atoms with Gasteiger partial charge in [-0.15, -0.1) is 0 Å². The Morgan fingerprint density at radius 3 is 1.95 bits per heavy atom. The van der Waals surface area contributed by atoms with Gasteiger partial charge in [0.05, 0.1) is 0 Å². The predicted octanol–water partition coefficient (Wildman–Crippen LogP) is -2.10. The molecule has 2 atom stereocenters. The minimum atomic E-state index is -0.949. The lowest BCUT2D eigenvalue weighted by molar-refractivity contribution is -0.161. The van der Waals surface area contributed by atoms with Crippen molar-refractivity contribution in [3.63, 3.8) is 0 Å². The van der Waals surface area contributed by atoms with Gasteiger partial charge < -0.3 is 33.0 Å². The maximum atomic E-state index is 11.5. The summed E-state index contributed by atoms with van der Waals surface area (Å²) in [6.07, 6.45) is 1.60. The van der Waals surface area contributed by atoms with Gasteiger partial charge in [0, 0.05) is 6.54 Å². The first-order chi connectivity index (χ1) is 9.38. The van der Waals surface area contributed by atoms with Crippen molar-refractivity contribution in [2.75, 3.05) is 13.1 Å². The minimum absolute atomic E-state index is 0.254. The van der Waals surface area contributed by atoms with Gasteiger partial charge in [-0.25, -0.2) is 14.4 Å². The molecule has 9 nitrogen and oxygen atoms in total. The largest absolute Gasteiger partial charge is 0.391 e. The number of hydrogen-bond donors (Lipinski definition) is 5. The highest BCUT2D eigenvalue weighted by Gasteiger charge is 2.22. The van der Waals surface area contributed by atoms with E-state index in [1.807, 2.05) is 0 Å². The molecule has 2 amide bonds. The zero-order valence-corrected chi connectivity index (χ0v) is 11.3. The first-order valence-corrected chi connectivity index (χ1v) is 6.38. The molecule has 0 radical (unpaired) electrons. The molecule has 9 heteroatoms. The molecule has 9 N–H and O–H groups in total. The molecule has 116 valence electrons. The highest BCUT2D eigenvalue weighted by Crippen LogP contribution is 2.00. The van der Waals surface area contributed by atoms with Gasteiger partial charge in [-0.1, -0.05) is 0 Å². The van der Waals surface area contributed by atoms with Crippen LogP contribution in [-0.2, 0) is 14.3 Å². The SMILES string of the molecule is NCCC[C@@H](N)C(=O)OC(=O)[C@@H](N)CCCNC(N)=O. The maximum Gasteiger partial charge on any atom is 0.330 e. The highest BCUT2D eigenvalue weighted by atomic mass is 16.6. The average molecular weight is 289 g/mol. The van der Waals surface area contributed by atoms with Gasteiger partial charge in [-0.2, -0.15) is 0 Å². The van der Waals surface area contributed by atoms with Crippen molar-refractivity contribution in [3.05, 3.63) is 0 Å². The molecule has 0 heterocycles. The van der Waals surface area contributed by atoms with Crippen LogP contribution in [0.2, 0.25) is 0 Å². The molecule has 0 fully saturated rings. The third-order valence-corrected chi connectivity index (χ3v) is 2.52. The summed E-state index contributed by atoms with van der Waals surface area (Å²) in [5.41, 5.74) is 21.2. The zero-order chi connectivity index (χ0) is 15.5. The summed E-state index contributed by atoms with van der Waals surface area (Å²) in [5, 5.41) is 2.35. The molecule has 0 aromatic carbocycles. The van der Waals surface area contributed by atoms with E-state index in [1.165, 1.54) is 0 Å². The highest BCUT2D eigenvalue weighted by molar-refractivity contribution is 5.90. The number of primary amides is 1. The number of nitrogens with one attached hydrogen (secondary N) is 1. The van der Waals surface area contributed by atoms with Crippen LogP contribution in [0.15, 0.2) is 0 Å². The summed E-state index contributed by atoms with van der Waals surface area (Å²) in [6, 6.07) is -2.48. The minimum Gasteiger partial charge on any atom is -0.391 e. The van der Waals surface area contributed by atoms with E-state index in [0.29, 0.717) is 32.4 Å². The van der Waals surface area contributed by atoms with Crippen molar-refractivity contribution in [2.24, 2.45) is 22.9 Å². The van der Waals surface area contributed by atoms with Crippen molar-refractivity contribution < 1.29 is 19.1 Å².